The van der Waals surface area contributed by atoms with E-state index in [-0.39, 0.29) is 22.4 Å². The Morgan fingerprint density at radius 1 is 1.09 bits per heavy atom. The van der Waals surface area contributed by atoms with Crippen molar-refractivity contribution in [1.82, 2.24) is 9.78 Å². The van der Waals surface area contributed by atoms with Crippen LogP contribution in [0.5, 0.6) is 0 Å². The number of para-hydroxylation sites is 2. The van der Waals surface area contributed by atoms with E-state index in [2.05, 4.69) is 41.6 Å². The number of hydrogen-bond acceptors (Lipinski definition) is 5. The Hall–Kier alpha value is -3.68. The zero-order valence-electron chi connectivity index (χ0n) is 18.1. The summed E-state index contributed by atoms with van der Waals surface area (Å²) in [7, 11) is 0. The molecule has 0 unspecified atom stereocenters. The number of carbonyl (C=O) groups excluding carboxylic acids is 1. The van der Waals surface area contributed by atoms with Gasteiger partial charge in [0.2, 0.25) is 5.91 Å². The molecule has 1 aromatic heterocycles. The molecule has 0 bridgehead atoms. The second-order valence-corrected chi connectivity index (χ2v) is 8.04. The molecule has 0 radical (unpaired) electrons. The molecular formula is C24H27N5O3. The number of rotatable bonds is 7. The standard InChI is InChI=1S/C24H27N5O3/c1-2-18-7-9-19(10-8-18)17-28-23(11-14-25-28)26-24(30)20-12-15-27(16-13-20)21-5-3-4-6-22(21)29(31)32/h3-11,14,20H,2,12-13,15-17H2,1H3,(H,26,30). The topological polar surface area (TPSA) is 93.3 Å². The highest BCUT2D eigenvalue weighted by atomic mass is 16.6. The van der Waals surface area contributed by atoms with Gasteiger partial charge in [0.1, 0.15) is 11.5 Å². The Bertz CT molecular complexity index is 1090. The minimum Gasteiger partial charge on any atom is -0.366 e. The zero-order chi connectivity index (χ0) is 22.5. The van der Waals surface area contributed by atoms with Crippen LogP contribution >= 0.6 is 0 Å². The Morgan fingerprint density at radius 3 is 2.47 bits per heavy atom. The van der Waals surface area contributed by atoms with Crippen LogP contribution in [-0.4, -0.2) is 33.7 Å². The lowest BCUT2D eigenvalue weighted by Gasteiger charge is -2.32. The van der Waals surface area contributed by atoms with Gasteiger partial charge >= 0.3 is 0 Å². The minimum atomic E-state index is -0.356. The fourth-order valence-electron chi connectivity index (χ4n) is 4.11. The van der Waals surface area contributed by atoms with Crippen molar-refractivity contribution in [3.63, 3.8) is 0 Å². The lowest BCUT2D eigenvalue weighted by molar-refractivity contribution is -0.384. The van der Waals surface area contributed by atoms with Gasteiger partial charge in [-0.15, -0.1) is 0 Å². The second kappa shape index (κ2) is 9.64. The molecule has 1 amide bonds. The van der Waals surface area contributed by atoms with Crippen LogP contribution in [0.3, 0.4) is 0 Å². The molecule has 3 aromatic rings. The highest BCUT2D eigenvalue weighted by molar-refractivity contribution is 5.92. The molecule has 1 aliphatic heterocycles. The highest BCUT2D eigenvalue weighted by Crippen LogP contribution is 2.31. The van der Waals surface area contributed by atoms with Gasteiger partial charge in [-0.05, 0) is 36.5 Å². The van der Waals surface area contributed by atoms with Gasteiger partial charge in [0.05, 0.1) is 17.7 Å². The number of hydrogen-bond donors (Lipinski definition) is 1. The maximum Gasteiger partial charge on any atom is 0.292 e. The number of nitrogens with zero attached hydrogens (tertiary/aromatic N) is 4. The summed E-state index contributed by atoms with van der Waals surface area (Å²) in [6.07, 6.45) is 3.97. The maximum atomic E-state index is 12.9. The van der Waals surface area contributed by atoms with E-state index < -0.39 is 0 Å². The lowest BCUT2D eigenvalue weighted by Crippen LogP contribution is -2.38. The number of nitro benzene ring substituents is 1. The summed E-state index contributed by atoms with van der Waals surface area (Å²) < 4.78 is 1.79. The van der Waals surface area contributed by atoms with Crippen LogP contribution in [0.2, 0.25) is 0 Å². The molecule has 166 valence electrons. The summed E-state index contributed by atoms with van der Waals surface area (Å²) >= 11 is 0. The van der Waals surface area contributed by atoms with Crippen molar-refractivity contribution in [2.45, 2.75) is 32.7 Å². The third kappa shape index (κ3) is 4.80. The second-order valence-electron chi connectivity index (χ2n) is 8.04. The summed E-state index contributed by atoms with van der Waals surface area (Å²) in [6.45, 7) is 3.92. The van der Waals surface area contributed by atoms with Gasteiger partial charge in [0.15, 0.2) is 0 Å². The van der Waals surface area contributed by atoms with Gasteiger partial charge in [-0.25, -0.2) is 4.68 Å². The summed E-state index contributed by atoms with van der Waals surface area (Å²) in [5.41, 5.74) is 3.13. The first-order valence-electron chi connectivity index (χ1n) is 10.9. The number of aromatic nitrogens is 2. The number of anilines is 2. The predicted molar refractivity (Wildman–Crippen MR) is 124 cm³/mol. The molecule has 1 N–H and O–H groups in total. The largest absolute Gasteiger partial charge is 0.366 e. The zero-order valence-corrected chi connectivity index (χ0v) is 18.1. The van der Waals surface area contributed by atoms with Crippen molar-refractivity contribution in [2.75, 3.05) is 23.3 Å². The molecule has 8 nitrogen and oxygen atoms in total. The molecule has 2 heterocycles. The molecule has 0 saturated carbocycles. The SMILES string of the molecule is CCc1ccc(Cn2nccc2NC(=O)C2CCN(c3ccccc3[N+](=O)[O-])CC2)cc1. The van der Waals surface area contributed by atoms with Crippen LogP contribution in [-0.2, 0) is 17.8 Å². The van der Waals surface area contributed by atoms with E-state index in [1.165, 1.54) is 11.6 Å². The average molecular weight is 434 g/mol. The number of nitro groups is 1. The third-order valence-corrected chi connectivity index (χ3v) is 6.02. The van der Waals surface area contributed by atoms with E-state index in [0.717, 1.165) is 12.0 Å². The molecule has 0 aliphatic carbocycles. The number of aryl methyl sites for hydroxylation is 1. The fourth-order valence-corrected chi connectivity index (χ4v) is 4.11. The van der Waals surface area contributed by atoms with E-state index in [1.807, 2.05) is 4.90 Å². The third-order valence-electron chi connectivity index (χ3n) is 6.02. The summed E-state index contributed by atoms with van der Waals surface area (Å²) in [6, 6.07) is 17.0. The summed E-state index contributed by atoms with van der Waals surface area (Å²) in [5, 5.41) is 18.7. The smallest absolute Gasteiger partial charge is 0.292 e. The monoisotopic (exact) mass is 433 g/mol. The Kier molecular flexibility index (Phi) is 6.49. The number of piperidine rings is 1. The van der Waals surface area contributed by atoms with Gasteiger partial charge in [-0.2, -0.15) is 5.10 Å². The Balaban J connectivity index is 1.36. The highest BCUT2D eigenvalue weighted by Gasteiger charge is 2.28. The molecular weight excluding hydrogens is 406 g/mol. The van der Waals surface area contributed by atoms with Crippen LogP contribution in [0.25, 0.3) is 0 Å². The van der Waals surface area contributed by atoms with Crippen molar-refractivity contribution in [3.8, 4) is 0 Å². The van der Waals surface area contributed by atoms with Gasteiger partial charge < -0.3 is 10.2 Å². The lowest BCUT2D eigenvalue weighted by atomic mass is 9.95. The molecule has 1 saturated heterocycles. The van der Waals surface area contributed by atoms with Crippen molar-refractivity contribution in [3.05, 3.63) is 82.0 Å². The van der Waals surface area contributed by atoms with Crippen molar-refractivity contribution >= 4 is 23.1 Å². The maximum absolute atomic E-state index is 12.9. The van der Waals surface area contributed by atoms with E-state index in [9.17, 15) is 14.9 Å². The fraction of sp³-hybridized carbons (Fsp3) is 0.333. The number of nitrogens with one attached hydrogen (secondary N) is 1. The van der Waals surface area contributed by atoms with Gasteiger partial charge in [0, 0.05) is 31.1 Å². The normalized spacial score (nSPS) is 14.3. The number of amides is 1. The van der Waals surface area contributed by atoms with Gasteiger partial charge in [0.25, 0.3) is 5.69 Å². The number of carbonyl (C=O) groups is 1. The molecule has 8 heteroatoms. The van der Waals surface area contributed by atoms with E-state index in [0.29, 0.717) is 44.0 Å². The molecule has 1 aliphatic rings. The molecule has 1 fully saturated rings. The van der Waals surface area contributed by atoms with Crippen LogP contribution in [0, 0.1) is 16.0 Å². The van der Waals surface area contributed by atoms with E-state index >= 15 is 0 Å². The van der Waals surface area contributed by atoms with Crippen LogP contribution in [0.4, 0.5) is 17.2 Å². The van der Waals surface area contributed by atoms with Gasteiger partial charge in [-0.3, -0.25) is 14.9 Å². The predicted octanol–water partition coefficient (Wildman–Crippen LogP) is 4.26. The van der Waals surface area contributed by atoms with Crippen LogP contribution in [0.1, 0.15) is 30.9 Å². The van der Waals surface area contributed by atoms with Crippen LogP contribution < -0.4 is 10.2 Å². The molecule has 4 rings (SSSR count). The minimum absolute atomic E-state index is 0.0321. The molecule has 32 heavy (non-hydrogen) atoms. The number of benzene rings is 2. The first kappa shape index (κ1) is 21.5. The van der Waals surface area contributed by atoms with Gasteiger partial charge in [-0.1, -0.05) is 43.3 Å². The molecule has 0 atom stereocenters. The Morgan fingerprint density at radius 2 is 1.78 bits per heavy atom. The average Bonchev–Trinajstić information content (AvgIpc) is 3.26. The quantitative estimate of drug-likeness (QED) is 0.444. The Labute approximate surface area is 187 Å². The molecule has 0 spiro atoms. The first-order chi connectivity index (χ1) is 15.5. The van der Waals surface area contributed by atoms with Crippen molar-refractivity contribution in [1.29, 1.82) is 0 Å². The molecule has 2 aromatic carbocycles. The summed E-state index contributed by atoms with van der Waals surface area (Å²) in [4.78, 5) is 25.8. The van der Waals surface area contributed by atoms with E-state index in [4.69, 9.17) is 0 Å². The van der Waals surface area contributed by atoms with E-state index in [1.54, 1.807) is 35.1 Å². The van der Waals surface area contributed by atoms with Crippen molar-refractivity contribution in [2.24, 2.45) is 5.92 Å². The van der Waals surface area contributed by atoms with Crippen molar-refractivity contribution < 1.29 is 9.72 Å². The summed E-state index contributed by atoms with van der Waals surface area (Å²) in [5.74, 6) is 0.507. The first-order valence-corrected chi connectivity index (χ1v) is 10.9. The van der Waals surface area contributed by atoms with Crippen LogP contribution in [0.15, 0.2) is 60.8 Å².